The van der Waals surface area contributed by atoms with Gasteiger partial charge in [-0.1, -0.05) is 53.0 Å². The number of carbonyl (C=O) groups is 1. The van der Waals surface area contributed by atoms with E-state index < -0.39 is 12.1 Å². The van der Waals surface area contributed by atoms with Crippen LogP contribution >= 0.6 is 39.1 Å². The van der Waals surface area contributed by atoms with E-state index in [1.54, 1.807) is 38.1 Å². The molecule has 0 unspecified atom stereocenters. The van der Waals surface area contributed by atoms with Crippen LogP contribution in [0.5, 0.6) is 5.75 Å². The molecule has 1 heterocycles. The second-order valence-electron chi connectivity index (χ2n) is 7.63. The summed E-state index contributed by atoms with van der Waals surface area (Å²) < 4.78 is 12.6. The number of esters is 1. The maximum Gasteiger partial charge on any atom is 0.347 e. The molecule has 0 bridgehead atoms. The number of aromatic nitrogens is 2. The SMILES string of the molecule is CCOC(=O)[C@@H](C)Oc1c(Cl)cc(C=Nn2c([C@H](C)CC)nc3ccc(Br)cc3c2=O)cc1Cl. The summed E-state index contributed by atoms with van der Waals surface area (Å²) in [5, 5.41) is 5.26. The molecule has 2 aromatic carbocycles. The average molecular weight is 569 g/mol. The Labute approximate surface area is 215 Å². The Kier molecular flexibility index (Phi) is 8.73. The lowest BCUT2D eigenvalue weighted by Crippen LogP contribution is -2.26. The molecule has 0 saturated carbocycles. The Morgan fingerprint density at radius 1 is 1.21 bits per heavy atom. The zero-order valence-corrected chi connectivity index (χ0v) is 22.2. The van der Waals surface area contributed by atoms with Crippen LogP contribution in [0.1, 0.15) is 51.4 Å². The van der Waals surface area contributed by atoms with Crippen LogP contribution in [0.15, 0.2) is 44.7 Å². The molecule has 1 aromatic heterocycles. The van der Waals surface area contributed by atoms with Crippen LogP contribution in [0.4, 0.5) is 0 Å². The number of hydrogen-bond acceptors (Lipinski definition) is 6. The third-order valence-corrected chi connectivity index (χ3v) is 6.20. The predicted molar refractivity (Wildman–Crippen MR) is 139 cm³/mol. The van der Waals surface area contributed by atoms with Gasteiger partial charge in [-0.2, -0.15) is 9.78 Å². The summed E-state index contributed by atoms with van der Waals surface area (Å²) in [6.45, 7) is 7.51. The second kappa shape index (κ2) is 11.3. The minimum Gasteiger partial charge on any atom is -0.476 e. The van der Waals surface area contributed by atoms with Gasteiger partial charge in [-0.25, -0.2) is 9.78 Å². The molecule has 0 spiro atoms. The maximum absolute atomic E-state index is 13.2. The van der Waals surface area contributed by atoms with Gasteiger partial charge in [0.05, 0.1) is 33.8 Å². The molecule has 0 radical (unpaired) electrons. The minimum atomic E-state index is -0.880. The van der Waals surface area contributed by atoms with Crippen molar-refractivity contribution in [2.75, 3.05) is 6.61 Å². The van der Waals surface area contributed by atoms with Crippen LogP contribution in [0.2, 0.25) is 10.0 Å². The van der Waals surface area contributed by atoms with Gasteiger partial charge in [0.2, 0.25) is 0 Å². The Balaban J connectivity index is 2.00. The van der Waals surface area contributed by atoms with E-state index in [0.717, 1.165) is 10.9 Å². The molecule has 0 fully saturated rings. The lowest BCUT2D eigenvalue weighted by Gasteiger charge is -2.16. The monoisotopic (exact) mass is 567 g/mol. The first-order valence-electron chi connectivity index (χ1n) is 10.7. The van der Waals surface area contributed by atoms with Gasteiger partial charge in [-0.3, -0.25) is 4.79 Å². The highest BCUT2D eigenvalue weighted by Crippen LogP contribution is 2.34. The second-order valence-corrected chi connectivity index (χ2v) is 9.36. The Hall–Kier alpha value is -2.42. The average Bonchev–Trinajstić information content (AvgIpc) is 2.80. The lowest BCUT2D eigenvalue weighted by molar-refractivity contribution is -0.150. The van der Waals surface area contributed by atoms with Gasteiger partial charge in [-0.05, 0) is 56.2 Å². The minimum absolute atomic E-state index is 0.00483. The Morgan fingerprint density at radius 3 is 2.50 bits per heavy atom. The topological polar surface area (TPSA) is 82.8 Å². The van der Waals surface area contributed by atoms with Crippen molar-refractivity contribution in [1.82, 2.24) is 9.66 Å². The van der Waals surface area contributed by atoms with Crippen molar-refractivity contribution in [2.45, 2.75) is 46.1 Å². The van der Waals surface area contributed by atoms with Gasteiger partial charge >= 0.3 is 5.97 Å². The molecule has 0 saturated heterocycles. The van der Waals surface area contributed by atoms with Gasteiger partial charge in [0.25, 0.3) is 5.56 Å². The van der Waals surface area contributed by atoms with E-state index in [-0.39, 0.29) is 33.9 Å². The molecule has 34 heavy (non-hydrogen) atoms. The summed E-state index contributed by atoms with van der Waals surface area (Å²) in [5.74, 6) is 0.201. The van der Waals surface area contributed by atoms with E-state index in [0.29, 0.717) is 22.3 Å². The lowest BCUT2D eigenvalue weighted by atomic mass is 10.1. The number of rotatable bonds is 8. The summed E-state index contributed by atoms with van der Waals surface area (Å²) in [6, 6.07) is 8.55. The van der Waals surface area contributed by atoms with Gasteiger partial charge < -0.3 is 9.47 Å². The summed E-state index contributed by atoms with van der Waals surface area (Å²) in [7, 11) is 0. The molecule has 10 heteroatoms. The molecule has 0 aliphatic carbocycles. The van der Waals surface area contributed by atoms with E-state index in [2.05, 4.69) is 26.0 Å². The van der Waals surface area contributed by atoms with Gasteiger partial charge in [-0.15, -0.1) is 0 Å². The van der Waals surface area contributed by atoms with Crippen LogP contribution in [-0.4, -0.2) is 34.6 Å². The molecule has 0 aliphatic rings. The van der Waals surface area contributed by atoms with Crippen LogP contribution in [0.3, 0.4) is 0 Å². The van der Waals surface area contributed by atoms with Crippen LogP contribution < -0.4 is 10.3 Å². The quantitative estimate of drug-likeness (QED) is 0.239. The Bertz CT molecular complexity index is 1290. The first kappa shape index (κ1) is 26.2. The van der Waals surface area contributed by atoms with Crippen molar-refractivity contribution in [3.05, 3.63) is 66.6 Å². The molecule has 3 rings (SSSR count). The largest absolute Gasteiger partial charge is 0.476 e. The molecule has 0 aliphatic heterocycles. The fraction of sp³-hybridized carbons (Fsp3) is 0.333. The summed E-state index contributed by atoms with van der Waals surface area (Å²) in [4.78, 5) is 29.8. The van der Waals surface area contributed by atoms with Crippen molar-refractivity contribution in [1.29, 1.82) is 0 Å². The molecular formula is C24H24BrCl2N3O4. The van der Waals surface area contributed by atoms with Gasteiger partial charge in [0.15, 0.2) is 11.9 Å². The van der Waals surface area contributed by atoms with Crippen molar-refractivity contribution < 1.29 is 14.3 Å². The number of nitrogens with zero attached hydrogens (tertiary/aromatic N) is 3. The number of ether oxygens (including phenoxy) is 2. The van der Waals surface area contributed by atoms with Gasteiger partial charge in [0, 0.05) is 10.4 Å². The summed E-state index contributed by atoms with van der Waals surface area (Å²) in [5.41, 5.74) is 0.874. The summed E-state index contributed by atoms with van der Waals surface area (Å²) in [6.07, 6.45) is 1.38. The number of benzene rings is 2. The number of hydrogen-bond donors (Lipinski definition) is 0. The maximum atomic E-state index is 13.2. The molecule has 0 N–H and O–H groups in total. The first-order chi connectivity index (χ1) is 16.2. The van der Waals surface area contributed by atoms with Crippen molar-refractivity contribution in [3.8, 4) is 5.75 Å². The molecule has 2 atom stereocenters. The van der Waals surface area contributed by atoms with Crippen molar-refractivity contribution in [2.24, 2.45) is 5.10 Å². The van der Waals surface area contributed by atoms with E-state index in [1.165, 1.54) is 10.9 Å². The van der Waals surface area contributed by atoms with E-state index in [1.807, 2.05) is 19.9 Å². The third kappa shape index (κ3) is 5.79. The normalized spacial score (nSPS) is 13.3. The van der Waals surface area contributed by atoms with Crippen LogP contribution in [0, 0.1) is 0 Å². The number of halogens is 3. The van der Waals surface area contributed by atoms with E-state index in [4.69, 9.17) is 32.7 Å². The van der Waals surface area contributed by atoms with Crippen molar-refractivity contribution >= 4 is 62.2 Å². The highest BCUT2D eigenvalue weighted by atomic mass is 79.9. The number of fused-ring (bicyclic) bond motifs is 1. The highest BCUT2D eigenvalue weighted by molar-refractivity contribution is 9.10. The zero-order chi connectivity index (χ0) is 25.0. The zero-order valence-electron chi connectivity index (χ0n) is 19.1. The van der Waals surface area contributed by atoms with E-state index in [9.17, 15) is 9.59 Å². The first-order valence-corrected chi connectivity index (χ1v) is 12.3. The van der Waals surface area contributed by atoms with E-state index >= 15 is 0 Å². The standard InChI is InChI=1S/C24H24BrCl2N3O4/c1-5-13(3)22-29-20-8-7-16(25)11-17(20)23(31)30(22)28-12-15-9-18(26)21(19(27)10-15)34-14(4)24(32)33-6-2/h7-14H,5-6H2,1-4H3/t13-,14-/m1/s1. The number of carbonyl (C=O) groups excluding carboxylic acids is 1. The molecule has 3 aromatic rings. The third-order valence-electron chi connectivity index (χ3n) is 5.14. The molecule has 180 valence electrons. The van der Waals surface area contributed by atoms with Gasteiger partial charge in [0.1, 0.15) is 5.82 Å². The molecule has 7 nitrogen and oxygen atoms in total. The highest BCUT2D eigenvalue weighted by Gasteiger charge is 2.20. The van der Waals surface area contributed by atoms with Crippen LogP contribution in [0.25, 0.3) is 10.9 Å². The summed E-state index contributed by atoms with van der Waals surface area (Å²) >= 11 is 16.1. The Morgan fingerprint density at radius 2 is 1.88 bits per heavy atom. The fourth-order valence-corrected chi connectivity index (χ4v) is 4.11. The van der Waals surface area contributed by atoms with Crippen molar-refractivity contribution in [3.63, 3.8) is 0 Å². The smallest absolute Gasteiger partial charge is 0.347 e. The molecular weight excluding hydrogens is 545 g/mol. The predicted octanol–water partition coefficient (Wildman–Crippen LogP) is 6.19. The molecule has 0 amide bonds. The fourth-order valence-electron chi connectivity index (χ4n) is 3.15. The van der Waals surface area contributed by atoms with Crippen LogP contribution in [-0.2, 0) is 9.53 Å².